The van der Waals surface area contributed by atoms with E-state index in [1.165, 1.54) is 23.5 Å². The number of rotatable bonds is 2. The summed E-state index contributed by atoms with van der Waals surface area (Å²) in [6, 6.07) is 3.46. The summed E-state index contributed by atoms with van der Waals surface area (Å²) in [4.78, 5) is 5.29. The Morgan fingerprint density at radius 3 is 2.25 bits per heavy atom. The van der Waals surface area contributed by atoms with Crippen LogP contribution in [0.3, 0.4) is 0 Å². The molecule has 0 fully saturated rings. The third-order valence-electron chi connectivity index (χ3n) is 2.20. The van der Waals surface area contributed by atoms with E-state index in [2.05, 4.69) is 18.8 Å². The Kier molecular flexibility index (Phi) is 3.01. The van der Waals surface area contributed by atoms with Gasteiger partial charge in [-0.25, -0.2) is 13.8 Å². The molecule has 16 heavy (non-hydrogen) atoms. The minimum atomic E-state index is -0.573. The second-order valence-electron chi connectivity index (χ2n) is 3.88. The Labute approximate surface area is 96.8 Å². The minimum absolute atomic E-state index is 0.379. The number of nitrogens with zero attached hydrogens (tertiary/aromatic N) is 1. The van der Waals surface area contributed by atoms with Gasteiger partial charge in [0, 0.05) is 22.7 Å². The topological polar surface area (TPSA) is 12.9 Å². The third-order valence-corrected chi connectivity index (χ3v) is 3.55. The second-order valence-corrected chi connectivity index (χ2v) is 4.94. The summed E-state index contributed by atoms with van der Waals surface area (Å²) in [7, 11) is 0. The predicted molar refractivity (Wildman–Crippen MR) is 61.6 cm³/mol. The van der Waals surface area contributed by atoms with Gasteiger partial charge in [-0.3, -0.25) is 0 Å². The molecular formula is C12H11F2NS. The van der Waals surface area contributed by atoms with Crippen LogP contribution in [0.1, 0.15) is 24.6 Å². The molecule has 0 spiro atoms. The van der Waals surface area contributed by atoms with Crippen molar-refractivity contribution in [1.82, 2.24) is 4.98 Å². The van der Waals surface area contributed by atoms with Crippen LogP contribution in [-0.4, -0.2) is 4.98 Å². The molecule has 0 amide bonds. The van der Waals surface area contributed by atoms with Crippen molar-refractivity contribution in [3.05, 3.63) is 40.9 Å². The number of hydrogen-bond donors (Lipinski definition) is 0. The molecule has 2 rings (SSSR count). The zero-order valence-corrected chi connectivity index (χ0v) is 9.81. The van der Waals surface area contributed by atoms with Gasteiger partial charge in [-0.05, 0) is 18.1 Å². The Hall–Kier alpha value is -1.29. The minimum Gasteiger partial charge on any atom is -0.244 e. The van der Waals surface area contributed by atoms with Crippen molar-refractivity contribution in [3.8, 4) is 10.6 Å². The molecule has 2 aromatic rings. The zero-order valence-electron chi connectivity index (χ0n) is 9.00. The van der Waals surface area contributed by atoms with E-state index in [0.29, 0.717) is 16.5 Å². The first-order valence-corrected chi connectivity index (χ1v) is 5.80. The van der Waals surface area contributed by atoms with E-state index >= 15 is 0 Å². The Bertz CT molecular complexity index is 485. The van der Waals surface area contributed by atoms with Gasteiger partial charge in [0.1, 0.15) is 16.6 Å². The average molecular weight is 239 g/mol. The van der Waals surface area contributed by atoms with Crippen molar-refractivity contribution < 1.29 is 8.78 Å². The molecule has 84 valence electrons. The summed E-state index contributed by atoms with van der Waals surface area (Å²) in [5.41, 5.74) is 0.495. The van der Waals surface area contributed by atoms with Gasteiger partial charge in [-0.1, -0.05) is 13.8 Å². The van der Waals surface area contributed by atoms with Crippen LogP contribution in [0.2, 0.25) is 0 Å². The first-order valence-electron chi connectivity index (χ1n) is 4.98. The summed E-state index contributed by atoms with van der Waals surface area (Å²) >= 11 is 1.47. The van der Waals surface area contributed by atoms with Crippen molar-refractivity contribution in [2.45, 2.75) is 19.8 Å². The van der Waals surface area contributed by atoms with E-state index in [9.17, 15) is 8.78 Å². The van der Waals surface area contributed by atoms with Gasteiger partial charge in [-0.15, -0.1) is 11.3 Å². The van der Waals surface area contributed by atoms with Gasteiger partial charge < -0.3 is 0 Å². The van der Waals surface area contributed by atoms with Crippen LogP contribution in [-0.2, 0) is 0 Å². The number of benzene rings is 1. The smallest absolute Gasteiger partial charge is 0.126 e. The molecule has 0 aliphatic rings. The van der Waals surface area contributed by atoms with Gasteiger partial charge in [0.2, 0.25) is 0 Å². The fourth-order valence-electron chi connectivity index (χ4n) is 1.36. The second kappa shape index (κ2) is 4.29. The third kappa shape index (κ3) is 2.27. The van der Waals surface area contributed by atoms with E-state index in [4.69, 9.17) is 0 Å². The van der Waals surface area contributed by atoms with Crippen molar-refractivity contribution >= 4 is 11.3 Å². The van der Waals surface area contributed by atoms with Crippen LogP contribution in [0.15, 0.2) is 24.4 Å². The van der Waals surface area contributed by atoms with Crippen molar-refractivity contribution in [2.75, 3.05) is 0 Å². The zero-order chi connectivity index (χ0) is 11.7. The van der Waals surface area contributed by atoms with Gasteiger partial charge >= 0.3 is 0 Å². The Morgan fingerprint density at radius 2 is 1.75 bits per heavy atom. The molecule has 1 aromatic heterocycles. The molecule has 0 N–H and O–H groups in total. The highest BCUT2D eigenvalue weighted by molar-refractivity contribution is 7.15. The molecule has 1 nitrogen and oxygen atoms in total. The molecule has 0 atom stereocenters. The molecule has 0 aliphatic carbocycles. The summed E-state index contributed by atoms with van der Waals surface area (Å²) in [5, 5.41) is 0.655. The van der Waals surface area contributed by atoms with Gasteiger partial charge in [-0.2, -0.15) is 0 Å². The number of hydrogen-bond acceptors (Lipinski definition) is 2. The number of thiazole rings is 1. The maximum atomic E-state index is 13.0. The fraction of sp³-hybridized carbons (Fsp3) is 0.250. The van der Waals surface area contributed by atoms with Crippen LogP contribution >= 0.6 is 11.3 Å². The molecule has 0 radical (unpaired) electrons. The van der Waals surface area contributed by atoms with E-state index in [1.807, 2.05) is 0 Å². The van der Waals surface area contributed by atoms with Gasteiger partial charge in [0.15, 0.2) is 0 Å². The average Bonchev–Trinajstić information content (AvgIpc) is 2.64. The highest BCUT2D eigenvalue weighted by atomic mass is 32.1. The molecule has 0 aliphatic heterocycles. The molecule has 4 heteroatoms. The highest BCUT2D eigenvalue weighted by Crippen LogP contribution is 2.30. The molecule has 0 saturated heterocycles. The fourth-order valence-corrected chi connectivity index (χ4v) is 2.27. The standard InChI is InChI=1S/C12H11F2NS/c1-7(2)11-6-15-12(16-11)8-3-9(13)5-10(14)4-8/h3-7H,1-2H3. The monoisotopic (exact) mass is 239 g/mol. The lowest BCUT2D eigenvalue weighted by molar-refractivity contribution is 0.584. The Balaban J connectivity index is 2.42. The molecule has 0 bridgehead atoms. The summed E-state index contributed by atoms with van der Waals surface area (Å²) in [6.45, 7) is 4.12. The van der Waals surface area contributed by atoms with Crippen LogP contribution in [0, 0.1) is 11.6 Å². The SMILES string of the molecule is CC(C)c1cnc(-c2cc(F)cc(F)c2)s1. The molecule has 0 unspecified atom stereocenters. The molecule has 1 heterocycles. The van der Waals surface area contributed by atoms with Gasteiger partial charge in [0.25, 0.3) is 0 Å². The number of halogens is 2. The van der Waals surface area contributed by atoms with Crippen LogP contribution in [0.4, 0.5) is 8.78 Å². The van der Waals surface area contributed by atoms with Gasteiger partial charge in [0.05, 0.1) is 0 Å². The van der Waals surface area contributed by atoms with E-state index < -0.39 is 11.6 Å². The van der Waals surface area contributed by atoms with E-state index in [-0.39, 0.29) is 0 Å². The largest absolute Gasteiger partial charge is 0.244 e. The lowest BCUT2D eigenvalue weighted by Crippen LogP contribution is -1.82. The predicted octanol–water partition coefficient (Wildman–Crippen LogP) is 4.21. The molecule has 0 saturated carbocycles. The van der Waals surface area contributed by atoms with Crippen LogP contribution in [0.5, 0.6) is 0 Å². The summed E-state index contributed by atoms with van der Waals surface area (Å²) in [5.74, 6) is -0.766. The lowest BCUT2D eigenvalue weighted by Gasteiger charge is -1.98. The Morgan fingerprint density at radius 1 is 1.12 bits per heavy atom. The van der Waals surface area contributed by atoms with Crippen molar-refractivity contribution in [2.24, 2.45) is 0 Å². The maximum Gasteiger partial charge on any atom is 0.126 e. The lowest BCUT2D eigenvalue weighted by atomic mass is 10.2. The van der Waals surface area contributed by atoms with Crippen molar-refractivity contribution in [3.63, 3.8) is 0 Å². The summed E-state index contributed by atoms with van der Waals surface area (Å²) in [6.07, 6.45) is 1.76. The summed E-state index contributed by atoms with van der Waals surface area (Å²) < 4.78 is 26.0. The first kappa shape index (κ1) is 11.2. The normalized spacial score (nSPS) is 11.1. The quantitative estimate of drug-likeness (QED) is 0.765. The van der Waals surface area contributed by atoms with E-state index in [1.54, 1.807) is 6.20 Å². The van der Waals surface area contributed by atoms with Crippen LogP contribution < -0.4 is 0 Å². The van der Waals surface area contributed by atoms with Crippen LogP contribution in [0.25, 0.3) is 10.6 Å². The maximum absolute atomic E-state index is 13.0. The van der Waals surface area contributed by atoms with Crippen molar-refractivity contribution in [1.29, 1.82) is 0 Å². The molecular weight excluding hydrogens is 228 g/mol. The first-order chi connectivity index (χ1) is 7.56. The number of aromatic nitrogens is 1. The highest BCUT2D eigenvalue weighted by Gasteiger charge is 2.09. The van der Waals surface area contributed by atoms with E-state index in [0.717, 1.165) is 10.9 Å². The molecule has 1 aromatic carbocycles.